The van der Waals surface area contributed by atoms with Gasteiger partial charge in [-0.15, -0.1) is 0 Å². The number of fused-ring (bicyclic) bond motifs is 3. The quantitative estimate of drug-likeness (QED) is 0.446. The van der Waals surface area contributed by atoms with Gasteiger partial charge in [0, 0.05) is 5.56 Å². The summed E-state index contributed by atoms with van der Waals surface area (Å²) < 4.78 is 0. The maximum atomic E-state index is 6.57. The molecule has 0 bridgehead atoms. The van der Waals surface area contributed by atoms with Crippen molar-refractivity contribution < 1.29 is 0 Å². The van der Waals surface area contributed by atoms with E-state index in [4.69, 9.17) is 23.2 Å². The lowest BCUT2D eigenvalue weighted by Crippen LogP contribution is -2.10. The Hall–Kier alpha value is -1.24. The Bertz CT molecular complexity index is 794. The molecule has 0 N–H and O–H groups in total. The minimum atomic E-state index is 0.352. The van der Waals surface area contributed by atoms with Crippen LogP contribution in [0, 0.1) is 11.3 Å². The van der Waals surface area contributed by atoms with Crippen molar-refractivity contribution in [1.29, 1.82) is 0 Å². The minimum absolute atomic E-state index is 0.352. The second-order valence-corrected chi connectivity index (χ2v) is 8.84. The molecule has 0 amide bonds. The Morgan fingerprint density at radius 1 is 0.958 bits per heavy atom. The smallest absolute Gasteiger partial charge is 0.0676 e. The van der Waals surface area contributed by atoms with Crippen molar-refractivity contribution in [3.05, 3.63) is 63.6 Å². The van der Waals surface area contributed by atoms with Crippen molar-refractivity contribution >= 4 is 28.8 Å². The number of rotatable bonds is 3. The molecule has 0 radical (unpaired) electrons. The molecule has 1 unspecified atom stereocenters. The molecule has 2 heteroatoms. The van der Waals surface area contributed by atoms with Crippen LogP contribution in [0.5, 0.6) is 0 Å². The molecule has 1 aliphatic rings. The third-order valence-corrected chi connectivity index (χ3v) is 5.36. The van der Waals surface area contributed by atoms with Crippen molar-refractivity contribution in [2.45, 2.75) is 40.5 Å². The first kappa shape index (κ1) is 17.6. The number of allylic oxidation sites excluding steroid dienone is 1. The van der Waals surface area contributed by atoms with Crippen LogP contribution in [0.2, 0.25) is 10.0 Å². The molecule has 0 saturated heterocycles. The van der Waals surface area contributed by atoms with E-state index in [0.717, 1.165) is 12.0 Å². The molecule has 0 fully saturated rings. The summed E-state index contributed by atoms with van der Waals surface area (Å²) in [6, 6.07) is 12.5. The monoisotopic (exact) mass is 358 g/mol. The first-order valence-corrected chi connectivity index (χ1v) is 9.32. The summed E-state index contributed by atoms with van der Waals surface area (Å²) in [5, 5.41) is 1.29. The van der Waals surface area contributed by atoms with Gasteiger partial charge in [-0.2, -0.15) is 0 Å². The molecule has 2 aromatic rings. The summed E-state index contributed by atoms with van der Waals surface area (Å²) in [6.45, 7) is 9.22. The lowest BCUT2D eigenvalue weighted by Gasteiger charge is -2.22. The molecule has 126 valence electrons. The fourth-order valence-corrected chi connectivity index (χ4v) is 4.21. The van der Waals surface area contributed by atoms with Crippen molar-refractivity contribution in [2.75, 3.05) is 0 Å². The number of hydrogen-bond acceptors (Lipinski definition) is 0. The van der Waals surface area contributed by atoms with E-state index in [1.807, 2.05) is 6.07 Å². The highest BCUT2D eigenvalue weighted by Crippen LogP contribution is 2.49. The van der Waals surface area contributed by atoms with Crippen molar-refractivity contribution in [3.63, 3.8) is 0 Å². The second-order valence-electron chi connectivity index (χ2n) is 8.05. The molecule has 0 nitrogen and oxygen atoms in total. The zero-order valence-electron chi connectivity index (χ0n) is 14.8. The molecular weight excluding hydrogens is 335 g/mol. The van der Waals surface area contributed by atoms with Gasteiger partial charge in [0.25, 0.3) is 0 Å². The fourth-order valence-electron chi connectivity index (χ4n) is 3.79. The summed E-state index contributed by atoms with van der Waals surface area (Å²) in [6.07, 6.45) is 4.60. The standard InChI is InChI=1S/C22H24Cl2/c1-14(13-22(2,3)4)9-10-17-15-7-5-6-8-16(15)18-11-12-19(23)21(24)20(17)18/h5-8,10-12,14H,9,13H2,1-4H3. The summed E-state index contributed by atoms with van der Waals surface area (Å²) >= 11 is 12.9. The lowest BCUT2D eigenvalue weighted by molar-refractivity contribution is 0.308. The first-order chi connectivity index (χ1) is 11.3. The normalized spacial score (nSPS) is 16.2. The molecule has 0 spiro atoms. The van der Waals surface area contributed by atoms with Crippen LogP contribution in [0.4, 0.5) is 0 Å². The first-order valence-electron chi connectivity index (χ1n) is 8.56. The van der Waals surface area contributed by atoms with Gasteiger partial charge < -0.3 is 0 Å². The molecule has 1 aliphatic carbocycles. The van der Waals surface area contributed by atoms with Crippen molar-refractivity contribution in [2.24, 2.45) is 11.3 Å². The van der Waals surface area contributed by atoms with Gasteiger partial charge in [-0.1, -0.05) is 87.3 Å². The van der Waals surface area contributed by atoms with Crippen LogP contribution in [0.3, 0.4) is 0 Å². The Morgan fingerprint density at radius 3 is 2.29 bits per heavy atom. The molecule has 1 atom stereocenters. The molecule has 2 aromatic carbocycles. The van der Waals surface area contributed by atoms with Crippen LogP contribution in [0.1, 0.15) is 51.7 Å². The van der Waals surface area contributed by atoms with Crippen LogP contribution < -0.4 is 0 Å². The molecule has 0 aliphatic heterocycles. The Balaban J connectivity index is 2.02. The fraction of sp³-hybridized carbons (Fsp3) is 0.364. The van der Waals surface area contributed by atoms with Gasteiger partial charge in [-0.05, 0) is 52.5 Å². The van der Waals surface area contributed by atoms with Crippen LogP contribution in [0.15, 0.2) is 42.5 Å². The molecule has 0 saturated carbocycles. The van der Waals surface area contributed by atoms with Gasteiger partial charge in [-0.3, -0.25) is 0 Å². The molecular formula is C22H24Cl2. The Labute approximate surface area is 155 Å². The van der Waals surface area contributed by atoms with E-state index in [9.17, 15) is 0 Å². The maximum absolute atomic E-state index is 6.57. The van der Waals surface area contributed by atoms with E-state index in [1.54, 1.807) is 0 Å². The van der Waals surface area contributed by atoms with Gasteiger partial charge >= 0.3 is 0 Å². The van der Waals surface area contributed by atoms with Crippen LogP contribution in [0.25, 0.3) is 16.7 Å². The summed E-state index contributed by atoms with van der Waals surface area (Å²) in [5.74, 6) is 0.631. The third-order valence-electron chi connectivity index (χ3n) is 4.56. The van der Waals surface area contributed by atoms with Crippen LogP contribution >= 0.6 is 23.2 Å². The largest absolute Gasteiger partial charge is 0.0827 e. The third kappa shape index (κ3) is 3.41. The number of hydrogen-bond donors (Lipinski definition) is 0. The minimum Gasteiger partial charge on any atom is -0.0827 e. The van der Waals surface area contributed by atoms with Crippen molar-refractivity contribution in [1.82, 2.24) is 0 Å². The predicted molar refractivity (Wildman–Crippen MR) is 107 cm³/mol. The van der Waals surface area contributed by atoms with Gasteiger partial charge in [-0.25, -0.2) is 0 Å². The SMILES string of the molecule is CC(CC=C1c2ccccc2-c2ccc(Cl)c(Cl)c21)CC(C)(C)C. The highest BCUT2D eigenvalue weighted by atomic mass is 35.5. The van der Waals surface area contributed by atoms with Gasteiger partial charge in [0.1, 0.15) is 0 Å². The predicted octanol–water partition coefficient (Wildman–Crippen LogP) is 7.87. The van der Waals surface area contributed by atoms with E-state index in [2.05, 4.69) is 64.1 Å². The van der Waals surface area contributed by atoms with Gasteiger partial charge in [0.2, 0.25) is 0 Å². The highest BCUT2D eigenvalue weighted by molar-refractivity contribution is 6.44. The zero-order chi connectivity index (χ0) is 17.5. The maximum Gasteiger partial charge on any atom is 0.0676 e. The van der Waals surface area contributed by atoms with E-state index < -0.39 is 0 Å². The summed E-state index contributed by atoms with van der Waals surface area (Å²) in [4.78, 5) is 0. The molecule has 0 heterocycles. The average molecular weight is 359 g/mol. The number of halogens is 2. The van der Waals surface area contributed by atoms with Crippen LogP contribution in [-0.2, 0) is 0 Å². The Kier molecular flexibility index (Phi) is 4.82. The molecule has 0 aromatic heterocycles. The van der Waals surface area contributed by atoms with E-state index in [-0.39, 0.29) is 0 Å². The van der Waals surface area contributed by atoms with E-state index in [0.29, 0.717) is 21.4 Å². The number of benzene rings is 2. The van der Waals surface area contributed by atoms with Crippen LogP contribution in [-0.4, -0.2) is 0 Å². The molecule has 24 heavy (non-hydrogen) atoms. The topological polar surface area (TPSA) is 0 Å². The van der Waals surface area contributed by atoms with Gasteiger partial charge in [0.05, 0.1) is 10.0 Å². The summed E-state index contributed by atoms with van der Waals surface area (Å²) in [5.41, 5.74) is 6.38. The summed E-state index contributed by atoms with van der Waals surface area (Å²) in [7, 11) is 0. The second kappa shape index (κ2) is 6.58. The zero-order valence-corrected chi connectivity index (χ0v) is 16.3. The van der Waals surface area contributed by atoms with Gasteiger partial charge in [0.15, 0.2) is 0 Å². The molecule has 3 rings (SSSR count). The lowest BCUT2D eigenvalue weighted by atomic mass is 9.83. The Morgan fingerprint density at radius 2 is 1.62 bits per heavy atom. The highest BCUT2D eigenvalue weighted by Gasteiger charge is 2.26. The van der Waals surface area contributed by atoms with E-state index in [1.165, 1.54) is 28.7 Å². The van der Waals surface area contributed by atoms with Crippen molar-refractivity contribution in [3.8, 4) is 11.1 Å². The average Bonchev–Trinajstić information content (AvgIpc) is 2.82. The van der Waals surface area contributed by atoms with E-state index >= 15 is 0 Å².